The Morgan fingerprint density at radius 2 is 0.862 bits per heavy atom. The molecule has 8 aromatic carbocycles. The third-order valence-corrected chi connectivity index (χ3v) is 12.1. The molecule has 58 heavy (non-hydrogen) atoms. The predicted octanol–water partition coefficient (Wildman–Crippen LogP) is 14.5. The Morgan fingerprint density at radius 1 is 0.414 bits per heavy atom. The quantitative estimate of drug-likeness (QED) is 0.181. The molecule has 0 aliphatic heterocycles. The second-order valence-corrected chi connectivity index (χ2v) is 16.5. The summed E-state index contributed by atoms with van der Waals surface area (Å²) in [6.45, 7) is 6.81. The van der Waals surface area contributed by atoms with Crippen molar-refractivity contribution in [3.8, 4) is 28.6 Å². The summed E-state index contributed by atoms with van der Waals surface area (Å²) in [6, 6.07) is 58.2. The number of nitrogens with zero attached hydrogens (tertiary/aromatic N) is 3. The fourth-order valence-electron chi connectivity index (χ4n) is 9.21. The average molecular weight is 746 g/mol. The smallest absolute Gasteiger partial charge is 0.135 e. The predicted molar refractivity (Wildman–Crippen MR) is 239 cm³/mol. The van der Waals surface area contributed by atoms with Gasteiger partial charge >= 0.3 is 0 Å². The lowest BCUT2D eigenvalue weighted by atomic mass is 9.86. The molecule has 0 radical (unpaired) electrons. The molecule has 5 heteroatoms. The Kier molecular flexibility index (Phi) is 6.61. The van der Waals surface area contributed by atoms with Crippen molar-refractivity contribution < 1.29 is 8.83 Å². The maximum absolute atomic E-state index is 9.64. The van der Waals surface area contributed by atoms with E-state index < -0.39 is 0 Å². The summed E-state index contributed by atoms with van der Waals surface area (Å²) in [7, 11) is 0. The third-order valence-electron chi connectivity index (χ3n) is 12.1. The van der Waals surface area contributed by atoms with Gasteiger partial charge in [-0.05, 0) is 125 Å². The van der Waals surface area contributed by atoms with Gasteiger partial charge in [-0.15, -0.1) is 0 Å². The molecule has 0 bridgehead atoms. The van der Waals surface area contributed by atoms with Crippen LogP contribution in [0.1, 0.15) is 31.9 Å². The molecular formula is C53H35N3O2. The van der Waals surface area contributed by atoms with Crippen LogP contribution in [0.5, 0.6) is 0 Å². The number of hydrogen-bond donors (Lipinski definition) is 0. The summed E-state index contributed by atoms with van der Waals surface area (Å²) in [6.07, 6.45) is 0. The van der Waals surface area contributed by atoms with Crippen LogP contribution in [-0.2, 0) is 5.41 Å². The molecule has 12 aromatic rings. The van der Waals surface area contributed by atoms with Crippen molar-refractivity contribution in [2.45, 2.75) is 26.2 Å². The van der Waals surface area contributed by atoms with Gasteiger partial charge in [0, 0.05) is 54.5 Å². The number of aromatic nitrogens is 2. The Hall–Kier alpha value is -7.55. The molecule has 0 amide bonds. The first kappa shape index (κ1) is 32.7. The highest BCUT2D eigenvalue weighted by Crippen LogP contribution is 2.40. The maximum atomic E-state index is 9.64. The van der Waals surface area contributed by atoms with E-state index >= 15 is 0 Å². The third kappa shape index (κ3) is 4.69. The zero-order valence-corrected chi connectivity index (χ0v) is 32.2. The Morgan fingerprint density at radius 3 is 1.38 bits per heavy atom. The summed E-state index contributed by atoms with van der Waals surface area (Å²) in [5, 5.41) is 18.6. The minimum absolute atomic E-state index is 0.0557. The molecule has 0 spiro atoms. The van der Waals surface area contributed by atoms with Crippen LogP contribution in [0.3, 0.4) is 0 Å². The standard InChI is InChI=1S/C53H35N3O2/c1-53(2,3)34-15-19-48-40(27-34)38-9-5-7-11-46(38)56(48)36-17-23-52-44(29-36)42-26-33(14-21-50(42)58-52)32-13-20-49-41(25-32)43-28-35(16-22-51(43)57-49)55-45-10-6-4-8-37(45)39-24-31(30-54)12-18-47(39)55/h4-29H,1-3H3. The van der Waals surface area contributed by atoms with Crippen LogP contribution in [0.15, 0.2) is 167 Å². The van der Waals surface area contributed by atoms with E-state index in [4.69, 9.17) is 8.83 Å². The molecule has 0 saturated carbocycles. The van der Waals surface area contributed by atoms with Crippen LogP contribution < -0.4 is 0 Å². The van der Waals surface area contributed by atoms with Gasteiger partial charge in [-0.1, -0.05) is 75.4 Å². The number of hydrogen-bond acceptors (Lipinski definition) is 3. The molecule has 0 saturated heterocycles. The van der Waals surface area contributed by atoms with E-state index in [1.807, 2.05) is 18.2 Å². The van der Waals surface area contributed by atoms with E-state index in [9.17, 15) is 5.26 Å². The maximum Gasteiger partial charge on any atom is 0.135 e. The van der Waals surface area contributed by atoms with E-state index in [1.165, 1.54) is 27.4 Å². The van der Waals surface area contributed by atoms with Crippen LogP contribution >= 0.6 is 0 Å². The summed E-state index contributed by atoms with van der Waals surface area (Å²) in [4.78, 5) is 0. The van der Waals surface area contributed by atoms with Gasteiger partial charge in [-0.3, -0.25) is 0 Å². The van der Waals surface area contributed by atoms with Gasteiger partial charge in [-0.2, -0.15) is 5.26 Å². The van der Waals surface area contributed by atoms with Gasteiger partial charge in [-0.25, -0.2) is 0 Å². The highest BCUT2D eigenvalue weighted by atomic mass is 16.3. The Balaban J connectivity index is 0.995. The van der Waals surface area contributed by atoms with E-state index in [2.05, 4.69) is 176 Å². The number of furan rings is 2. The first-order valence-corrected chi connectivity index (χ1v) is 19.7. The van der Waals surface area contributed by atoms with Gasteiger partial charge in [0.2, 0.25) is 0 Å². The largest absolute Gasteiger partial charge is 0.456 e. The Bertz CT molecular complexity index is 3740. The minimum Gasteiger partial charge on any atom is -0.456 e. The average Bonchev–Trinajstić information content (AvgIpc) is 3.99. The molecule has 0 atom stereocenters. The SMILES string of the molecule is CC(C)(C)c1ccc2c(c1)c1ccccc1n2-c1ccc2oc3ccc(-c4ccc5oc6ccc(-n7c8ccccc8c8cc(C#N)ccc87)cc6c5c4)cc3c2c1. The van der Waals surface area contributed by atoms with Crippen molar-refractivity contribution in [3.63, 3.8) is 0 Å². The minimum atomic E-state index is 0.0557. The first-order valence-electron chi connectivity index (χ1n) is 19.7. The lowest BCUT2D eigenvalue weighted by molar-refractivity contribution is 0.591. The lowest BCUT2D eigenvalue weighted by Crippen LogP contribution is -2.10. The molecule has 0 N–H and O–H groups in total. The van der Waals surface area contributed by atoms with Crippen LogP contribution in [-0.4, -0.2) is 9.13 Å². The number of rotatable bonds is 3. The van der Waals surface area contributed by atoms with E-state index in [0.29, 0.717) is 5.56 Å². The number of benzene rings is 8. The molecule has 12 rings (SSSR count). The summed E-state index contributed by atoms with van der Waals surface area (Å²) >= 11 is 0. The molecule has 4 heterocycles. The molecule has 0 aliphatic rings. The number of fused-ring (bicyclic) bond motifs is 12. The van der Waals surface area contributed by atoms with Gasteiger partial charge in [0.05, 0.1) is 33.7 Å². The molecule has 274 valence electrons. The lowest BCUT2D eigenvalue weighted by Gasteiger charge is -2.19. The molecular weight excluding hydrogens is 711 g/mol. The molecule has 5 nitrogen and oxygen atoms in total. The van der Waals surface area contributed by atoms with Gasteiger partial charge < -0.3 is 18.0 Å². The van der Waals surface area contributed by atoms with E-state index in [1.54, 1.807) is 0 Å². The van der Waals surface area contributed by atoms with Crippen molar-refractivity contribution >= 4 is 87.5 Å². The van der Waals surface area contributed by atoms with Crippen molar-refractivity contribution in [1.82, 2.24) is 9.13 Å². The zero-order chi connectivity index (χ0) is 38.9. The fraction of sp³-hybridized carbons (Fsp3) is 0.0755. The molecule has 0 fully saturated rings. The molecule has 0 unspecified atom stereocenters. The number of para-hydroxylation sites is 2. The van der Waals surface area contributed by atoms with Crippen molar-refractivity contribution in [3.05, 3.63) is 169 Å². The van der Waals surface area contributed by atoms with Crippen LogP contribution in [0.2, 0.25) is 0 Å². The van der Waals surface area contributed by atoms with E-state index in [-0.39, 0.29) is 5.41 Å². The normalized spacial score (nSPS) is 12.4. The van der Waals surface area contributed by atoms with Crippen LogP contribution in [0.25, 0.3) is 110 Å². The molecule has 0 aliphatic carbocycles. The molecule has 4 aromatic heterocycles. The summed E-state index contributed by atoms with van der Waals surface area (Å²) in [5.74, 6) is 0. The van der Waals surface area contributed by atoms with Crippen molar-refractivity contribution in [2.24, 2.45) is 0 Å². The second-order valence-electron chi connectivity index (χ2n) is 16.5. The fourth-order valence-corrected chi connectivity index (χ4v) is 9.21. The summed E-state index contributed by atoms with van der Waals surface area (Å²) in [5.41, 5.74) is 14.3. The van der Waals surface area contributed by atoms with Crippen LogP contribution in [0, 0.1) is 11.3 Å². The van der Waals surface area contributed by atoms with Gasteiger partial charge in [0.25, 0.3) is 0 Å². The van der Waals surface area contributed by atoms with Crippen molar-refractivity contribution in [1.29, 1.82) is 5.26 Å². The highest BCUT2D eigenvalue weighted by molar-refractivity contribution is 6.13. The Labute approximate surface area is 333 Å². The second kappa shape index (κ2) is 11.7. The van der Waals surface area contributed by atoms with Crippen molar-refractivity contribution in [2.75, 3.05) is 0 Å². The zero-order valence-electron chi connectivity index (χ0n) is 32.2. The van der Waals surface area contributed by atoms with E-state index in [0.717, 1.165) is 88.2 Å². The summed E-state index contributed by atoms with van der Waals surface area (Å²) < 4.78 is 17.5. The van der Waals surface area contributed by atoms with Gasteiger partial charge in [0.15, 0.2) is 0 Å². The van der Waals surface area contributed by atoms with Crippen LogP contribution in [0.4, 0.5) is 0 Å². The monoisotopic (exact) mass is 745 g/mol. The first-order chi connectivity index (χ1) is 28.3. The topological polar surface area (TPSA) is 59.9 Å². The number of nitriles is 1. The highest BCUT2D eigenvalue weighted by Gasteiger charge is 2.20. The van der Waals surface area contributed by atoms with Gasteiger partial charge in [0.1, 0.15) is 22.3 Å².